The van der Waals surface area contributed by atoms with E-state index in [1.54, 1.807) is 19.1 Å². The zero-order valence-electron chi connectivity index (χ0n) is 16.6. The van der Waals surface area contributed by atoms with Crippen LogP contribution < -0.4 is 9.47 Å². The van der Waals surface area contributed by atoms with E-state index in [2.05, 4.69) is 4.90 Å². The van der Waals surface area contributed by atoms with Crippen LogP contribution in [0, 0.1) is 0 Å². The van der Waals surface area contributed by atoms with E-state index in [1.165, 1.54) is 12.8 Å². The Kier molecular flexibility index (Phi) is 6.60. The molecular formula is C21H32N2O4. The molecule has 2 heterocycles. The molecule has 2 saturated heterocycles. The van der Waals surface area contributed by atoms with E-state index in [0.717, 1.165) is 37.9 Å². The van der Waals surface area contributed by atoms with E-state index in [4.69, 9.17) is 9.47 Å². The van der Waals surface area contributed by atoms with Crippen molar-refractivity contribution in [3.05, 3.63) is 23.8 Å². The molecule has 150 valence electrons. The Morgan fingerprint density at radius 2 is 1.78 bits per heavy atom. The average Bonchev–Trinajstić information content (AvgIpc) is 2.93. The lowest BCUT2D eigenvalue weighted by atomic mass is 9.90. The summed E-state index contributed by atoms with van der Waals surface area (Å²) in [5.74, 6) is 1.14. The number of amides is 1. The quantitative estimate of drug-likeness (QED) is 0.826. The van der Waals surface area contributed by atoms with Crippen LogP contribution in [0.1, 0.15) is 44.1 Å². The van der Waals surface area contributed by atoms with Gasteiger partial charge in [-0.15, -0.1) is 0 Å². The summed E-state index contributed by atoms with van der Waals surface area (Å²) in [4.78, 5) is 17.2. The third kappa shape index (κ3) is 4.55. The second-order valence-corrected chi connectivity index (χ2v) is 7.70. The maximum Gasteiger partial charge on any atom is 0.256 e. The van der Waals surface area contributed by atoms with E-state index in [-0.39, 0.29) is 5.91 Å². The van der Waals surface area contributed by atoms with Gasteiger partial charge >= 0.3 is 0 Å². The first-order valence-corrected chi connectivity index (χ1v) is 10.0. The molecule has 2 aliphatic rings. The largest absolute Gasteiger partial charge is 0.493 e. The number of para-hydroxylation sites is 1. The van der Waals surface area contributed by atoms with Gasteiger partial charge in [0.25, 0.3) is 5.91 Å². The van der Waals surface area contributed by atoms with Gasteiger partial charge in [0.1, 0.15) is 0 Å². The molecule has 0 bridgehead atoms. The van der Waals surface area contributed by atoms with Crippen molar-refractivity contribution in [2.75, 3.05) is 40.4 Å². The molecule has 0 aliphatic carbocycles. The molecule has 0 saturated carbocycles. The summed E-state index contributed by atoms with van der Waals surface area (Å²) in [6.07, 6.45) is 6.12. The predicted octanol–water partition coefficient (Wildman–Crippen LogP) is 2.43. The van der Waals surface area contributed by atoms with Crippen LogP contribution in [0.4, 0.5) is 0 Å². The van der Waals surface area contributed by atoms with Crippen molar-refractivity contribution < 1.29 is 19.4 Å². The van der Waals surface area contributed by atoms with Crippen LogP contribution in [-0.2, 0) is 11.3 Å². The number of piperidine rings is 1. The number of benzene rings is 1. The van der Waals surface area contributed by atoms with E-state index in [1.807, 2.05) is 18.2 Å². The standard InChI is InChI=1S/C21H32N2O4/c1-26-18-10-7-9-17(19(18)27-2)15-23-14-8-11-21(25,20(23)24)16-22-12-5-3-4-6-13-22/h7,9-10,25H,3-6,8,11-16H2,1-2H3/t21-/m0/s1. The van der Waals surface area contributed by atoms with Gasteiger partial charge in [0, 0.05) is 25.2 Å². The number of methoxy groups -OCH3 is 2. The van der Waals surface area contributed by atoms with Gasteiger partial charge in [0.2, 0.25) is 0 Å². The number of rotatable bonds is 6. The first-order chi connectivity index (χ1) is 13.1. The van der Waals surface area contributed by atoms with Gasteiger partial charge in [0.05, 0.1) is 14.2 Å². The lowest BCUT2D eigenvalue weighted by Gasteiger charge is -2.40. The van der Waals surface area contributed by atoms with Crippen molar-refractivity contribution in [3.63, 3.8) is 0 Å². The Morgan fingerprint density at radius 1 is 1.04 bits per heavy atom. The zero-order chi connectivity index (χ0) is 19.3. The molecule has 1 aromatic rings. The molecule has 1 N–H and O–H groups in total. The summed E-state index contributed by atoms with van der Waals surface area (Å²) < 4.78 is 10.9. The Balaban J connectivity index is 1.73. The fourth-order valence-electron chi connectivity index (χ4n) is 4.31. The van der Waals surface area contributed by atoms with Crippen LogP contribution in [0.15, 0.2) is 18.2 Å². The van der Waals surface area contributed by atoms with Crippen LogP contribution >= 0.6 is 0 Å². The minimum absolute atomic E-state index is 0.164. The van der Waals surface area contributed by atoms with Gasteiger partial charge in [0.15, 0.2) is 17.1 Å². The second kappa shape index (κ2) is 8.93. The summed E-state index contributed by atoms with van der Waals surface area (Å²) in [5, 5.41) is 11.2. The third-order valence-corrected chi connectivity index (χ3v) is 5.73. The number of carbonyl (C=O) groups is 1. The molecule has 6 nitrogen and oxygen atoms in total. The smallest absolute Gasteiger partial charge is 0.256 e. The van der Waals surface area contributed by atoms with Crippen LogP contribution in [0.5, 0.6) is 11.5 Å². The number of hydrogen-bond acceptors (Lipinski definition) is 5. The minimum atomic E-state index is -1.28. The molecule has 2 fully saturated rings. The number of likely N-dealkylation sites (tertiary alicyclic amines) is 2. The van der Waals surface area contributed by atoms with Crippen LogP contribution in [0.3, 0.4) is 0 Å². The van der Waals surface area contributed by atoms with Gasteiger partial charge in [-0.25, -0.2) is 0 Å². The third-order valence-electron chi connectivity index (χ3n) is 5.73. The van der Waals surface area contributed by atoms with Crippen molar-refractivity contribution in [3.8, 4) is 11.5 Å². The fraction of sp³-hybridized carbons (Fsp3) is 0.667. The average molecular weight is 376 g/mol. The monoisotopic (exact) mass is 376 g/mol. The van der Waals surface area contributed by atoms with E-state index < -0.39 is 5.60 Å². The van der Waals surface area contributed by atoms with Gasteiger partial charge < -0.3 is 19.5 Å². The number of aliphatic hydroxyl groups is 1. The Labute approximate surface area is 162 Å². The lowest BCUT2D eigenvalue weighted by molar-refractivity contribution is -0.160. The maximum absolute atomic E-state index is 13.1. The van der Waals surface area contributed by atoms with Crippen LogP contribution in [0.2, 0.25) is 0 Å². The fourth-order valence-corrected chi connectivity index (χ4v) is 4.31. The number of hydrogen-bond donors (Lipinski definition) is 1. The molecule has 6 heteroatoms. The molecule has 1 aromatic carbocycles. The molecule has 1 atom stereocenters. The topological polar surface area (TPSA) is 62.2 Å². The molecule has 1 amide bonds. The second-order valence-electron chi connectivity index (χ2n) is 7.70. The Hall–Kier alpha value is -1.79. The summed E-state index contributed by atoms with van der Waals surface area (Å²) in [6, 6.07) is 5.68. The highest BCUT2D eigenvalue weighted by Crippen LogP contribution is 2.33. The van der Waals surface area contributed by atoms with Crippen molar-refractivity contribution in [1.82, 2.24) is 9.80 Å². The molecule has 3 rings (SSSR count). The zero-order valence-corrected chi connectivity index (χ0v) is 16.6. The molecule has 2 aliphatic heterocycles. The molecular weight excluding hydrogens is 344 g/mol. The van der Waals surface area contributed by atoms with Crippen molar-refractivity contribution in [1.29, 1.82) is 0 Å². The maximum atomic E-state index is 13.1. The highest BCUT2D eigenvalue weighted by molar-refractivity contribution is 5.86. The first-order valence-electron chi connectivity index (χ1n) is 10.0. The highest BCUT2D eigenvalue weighted by atomic mass is 16.5. The van der Waals surface area contributed by atoms with Crippen molar-refractivity contribution in [2.45, 2.75) is 50.7 Å². The summed E-state index contributed by atoms with van der Waals surface area (Å²) in [5.41, 5.74) is -0.390. The molecule has 27 heavy (non-hydrogen) atoms. The number of β-amino-alcohol motifs (C(OH)–C–C–N with tert-alkyl or cyclic N) is 1. The molecule has 0 unspecified atom stereocenters. The number of nitrogens with zero attached hydrogens (tertiary/aromatic N) is 2. The Morgan fingerprint density at radius 3 is 2.44 bits per heavy atom. The summed E-state index contributed by atoms with van der Waals surface area (Å²) >= 11 is 0. The molecule has 0 radical (unpaired) electrons. The number of ether oxygens (including phenoxy) is 2. The highest BCUT2D eigenvalue weighted by Gasteiger charge is 2.43. The van der Waals surface area contributed by atoms with Crippen LogP contribution in [-0.4, -0.2) is 66.8 Å². The van der Waals surface area contributed by atoms with Crippen LogP contribution in [0.25, 0.3) is 0 Å². The number of carbonyl (C=O) groups excluding carboxylic acids is 1. The van der Waals surface area contributed by atoms with Gasteiger partial charge in [-0.05, 0) is 44.8 Å². The van der Waals surface area contributed by atoms with Gasteiger partial charge in [-0.1, -0.05) is 25.0 Å². The lowest BCUT2D eigenvalue weighted by Crippen LogP contribution is -2.58. The minimum Gasteiger partial charge on any atom is -0.493 e. The van der Waals surface area contributed by atoms with Crippen molar-refractivity contribution >= 4 is 5.91 Å². The summed E-state index contributed by atoms with van der Waals surface area (Å²) in [7, 11) is 3.21. The van der Waals surface area contributed by atoms with E-state index in [9.17, 15) is 9.90 Å². The SMILES string of the molecule is COc1cccc(CN2CCC[C@](O)(CN3CCCCCC3)C2=O)c1OC. The molecule has 0 spiro atoms. The van der Waals surface area contributed by atoms with Gasteiger partial charge in [-0.3, -0.25) is 9.69 Å². The van der Waals surface area contributed by atoms with E-state index >= 15 is 0 Å². The van der Waals surface area contributed by atoms with Crippen molar-refractivity contribution in [2.24, 2.45) is 0 Å². The molecule has 0 aromatic heterocycles. The van der Waals surface area contributed by atoms with E-state index in [0.29, 0.717) is 37.6 Å². The normalized spacial score (nSPS) is 24.6. The predicted molar refractivity (Wildman–Crippen MR) is 104 cm³/mol. The first kappa shape index (κ1) is 20.0. The Bertz CT molecular complexity index is 643. The van der Waals surface area contributed by atoms with Gasteiger partial charge in [-0.2, -0.15) is 0 Å². The summed E-state index contributed by atoms with van der Waals surface area (Å²) in [6.45, 7) is 3.46.